The van der Waals surface area contributed by atoms with Gasteiger partial charge in [-0.3, -0.25) is 0 Å². The van der Waals surface area contributed by atoms with Crippen molar-refractivity contribution in [3.63, 3.8) is 0 Å². The van der Waals surface area contributed by atoms with E-state index in [4.69, 9.17) is 14.9 Å². The Kier molecular flexibility index (Phi) is 2.79. The highest BCUT2D eigenvalue weighted by atomic mass is 32.2. The molecule has 0 bridgehead atoms. The molecule has 2 N–H and O–H groups in total. The minimum atomic E-state index is -4.21. The number of carboxylic acids is 1. The third kappa shape index (κ3) is 2.05. The zero-order valence-electron chi connectivity index (χ0n) is 8.77. The fraction of sp³-hybridized carbons (Fsp3) is 0. The molecule has 1 aliphatic rings. The van der Waals surface area contributed by atoms with Crippen LogP contribution in [0.15, 0.2) is 40.4 Å². The number of ether oxygens (including phenoxy) is 1. The summed E-state index contributed by atoms with van der Waals surface area (Å²) in [6, 6.07) is 5.24. The highest BCUT2D eigenvalue weighted by Crippen LogP contribution is 2.22. The minimum absolute atomic E-state index is 0.0112. The average Bonchev–Trinajstić information content (AvgIpc) is 2.58. The van der Waals surface area contributed by atoms with E-state index in [-0.39, 0.29) is 11.5 Å². The van der Waals surface area contributed by atoms with Crippen LogP contribution in [-0.4, -0.2) is 29.8 Å². The first-order valence-electron chi connectivity index (χ1n) is 4.64. The number of aliphatic carboxylic acids is 1. The number of sulfone groups is 1. The number of hydrogen-bond acceptors (Lipinski definition) is 6. The minimum Gasteiger partial charge on any atom is -0.508 e. The van der Waals surface area contributed by atoms with Crippen molar-refractivity contribution in [1.82, 2.24) is 0 Å². The van der Waals surface area contributed by atoms with E-state index in [0.717, 1.165) is 0 Å². The van der Waals surface area contributed by atoms with Gasteiger partial charge in [-0.2, -0.15) is 0 Å². The second-order valence-electron chi connectivity index (χ2n) is 3.29. The third-order valence-corrected chi connectivity index (χ3v) is 3.57. The Morgan fingerprint density at radius 3 is 2.33 bits per heavy atom. The molecule has 7 nitrogen and oxygen atoms in total. The average molecular weight is 269 g/mol. The molecule has 1 aromatic carbocycles. The lowest BCUT2D eigenvalue weighted by molar-refractivity contribution is -0.131. The van der Waals surface area contributed by atoms with E-state index in [2.05, 4.69) is 4.99 Å². The van der Waals surface area contributed by atoms with Crippen molar-refractivity contribution in [3.05, 3.63) is 35.4 Å². The van der Waals surface area contributed by atoms with Crippen molar-refractivity contribution in [3.8, 4) is 11.5 Å². The Labute approximate surface area is 102 Å². The lowest BCUT2D eigenvalue weighted by atomic mass is 10.3. The molecular formula is C10H7NO6S. The van der Waals surface area contributed by atoms with Crippen LogP contribution in [-0.2, 0) is 14.6 Å². The maximum atomic E-state index is 11.7. The van der Waals surface area contributed by atoms with Crippen LogP contribution >= 0.6 is 0 Å². The third-order valence-electron chi connectivity index (χ3n) is 2.06. The summed E-state index contributed by atoms with van der Waals surface area (Å²) in [4.78, 5) is 13.2. The van der Waals surface area contributed by atoms with E-state index >= 15 is 0 Å². The molecule has 0 aromatic heterocycles. The van der Waals surface area contributed by atoms with Gasteiger partial charge < -0.3 is 14.9 Å². The first-order chi connectivity index (χ1) is 8.41. The zero-order valence-corrected chi connectivity index (χ0v) is 9.59. The Morgan fingerprint density at radius 1 is 1.22 bits per heavy atom. The number of aromatic hydroxyl groups is 1. The number of carbonyl (C=O) groups is 1. The highest BCUT2D eigenvalue weighted by molar-refractivity contribution is 8.10. The number of phenols is 1. The van der Waals surface area contributed by atoms with Gasteiger partial charge >= 0.3 is 11.2 Å². The van der Waals surface area contributed by atoms with Gasteiger partial charge in [-0.25, -0.2) is 18.2 Å². The van der Waals surface area contributed by atoms with Crippen LogP contribution in [0.3, 0.4) is 0 Å². The molecule has 0 atom stereocenters. The van der Waals surface area contributed by atoms with E-state index in [0.29, 0.717) is 6.20 Å². The molecule has 0 aliphatic carbocycles. The predicted octanol–water partition coefficient (Wildman–Crippen LogP) is 0.481. The number of benzene rings is 1. The summed E-state index contributed by atoms with van der Waals surface area (Å²) in [5.74, 6) is -1.49. The normalized spacial score (nSPS) is 16.9. The van der Waals surface area contributed by atoms with Gasteiger partial charge in [0.15, 0.2) is 4.91 Å². The lowest BCUT2D eigenvalue weighted by Crippen LogP contribution is -2.22. The number of aliphatic imine (C=N–C) groups is 1. The molecule has 0 radical (unpaired) electrons. The number of carboxylic acid groups (broad SMARTS) is 1. The van der Waals surface area contributed by atoms with Crippen molar-refractivity contribution in [1.29, 1.82) is 0 Å². The van der Waals surface area contributed by atoms with E-state index in [1.54, 1.807) is 0 Å². The molecule has 2 rings (SSSR count). The van der Waals surface area contributed by atoms with Crippen molar-refractivity contribution < 1.29 is 28.2 Å². The summed E-state index contributed by atoms with van der Waals surface area (Å²) in [6.07, 6.45) is 0.716. The monoisotopic (exact) mass is 269 g/mol. The molecule has 94 valence electrons. The van der Waals surface area contributed by atoms with Gasteiger partial charge in [0.2, 0.25) is 0 Å². The molecule has 1 heterocycles. The van der Waals surface area contributed by atoms with Gasteiger partial charge in [0.25, 0.3) is 9.84 Å². The second kappa shape index (κ2) is 4.15. The standard InChI is InChI=1S/C10H7NO6S/c12-6-1-3-7(4-2-6)17-10-11-5-8(9(13)14)18(10,15)16/h1-5,12H,(H,13,14). The topological polar surface area (TPSA) is 113 Å². The van der Waals surface area contributed by atoms with Gasteiger partial charge in [-0.05, 0) is 24.3 Å². The van der Waals surface area contributed by atoms with Crippen LogP contribution < -0.4 is 4.74 Å². The van der Waals surface area contributed by atoms with Gasteiger partial charge in [-0.1, -0.05) is 0 Å². The summed E-state index contributed by atoms with van der Waals surface area (Å²) in [7, 11) is -4.21. The molecule has 0 saturated heterocycles. The summed E-state index contributed by atoms with van der Waals surface area (Å²) in [5.41, 5.74) is 0. The first-order valence-corrected chi connectivity index (χ1v) is 6.13. The van der Waals surface area contributed by atoms with Crippen LogP contribution in [0.25, 0.3) is 0 Å². The molecule has 0 spiro atoms. The van der Waals surface area contributed by atoms with Crippen molar-refractivity contribution >= 4 is 21.0 Å². The molecule has 0 saturated carbocycles. The summed E-state index contributed by atoms with van der Waals surface area (Å²) in [5, 5.41) is 17.0. The molecule has 0 fully saturated rings. The Hall–Kier alpha value is -2.35. The Balaban J connectivity index is 2.24. The summed E-state index contributed by atoms with van der Waals surface area (Å²) >= 11 is 0. The summed E-state index contributed by atoms with van der Waals surface area (Å²) in [6.45, 7) is 0. The summed E-state index contributed by atoms with van der Waals surface area (Å²) < 4.78 is 28.3. The Bertz CT molecular complexity index is 656. The van der Waals surface area contributed by atoms with Crippen molar-refractivity contribution in [2.75, 3.05) is 0 Å². The van der Waals surface area contributed by atoms with Gasteiger partial charge in [0.1, 0.15) is 11.5 Å². The maximum absolute atomic E-state index is 11.7. The molecule has 1 aromatic rings. The van der Waals surface area contributed by atoms with Crippen molar-refractivity contribution in [2.24, 2.45) is 4.99 Å². The van der Waals surface area contributed by atoms with E-state index in [1.165, 1.54) is 24.3 Å². The smallest absolute Gasteiger partial charge is 0.349 e. The van der Waals surface area contributed by atoms with E-state index in [1.807, 2.05) is 0 Å². The van der Waals surface area contributed by atoms with Crippen molar-refractivity contribution in [2.45, 2.75) is 0 Å². The molecule has 18 heavy (non-hydrogen) atoms. The number of nitrogens with zero attached hydrogens (tertiary/aromatic N) is 1. The first kappa shape index (κ1) is 12.1. The molecule has 1 aliphatic heterocycles. The van der Waals surface area contributed by atoms with E-state index in [9.17, 15) is 13.2 Å². The second-order valence-corrected chi connectivity index (χ2v) is 5.09. The Morgan fingerprint density at radius 2 is 1.83 bits per heavy atom. The van der Waals surface area contributed by atoms with Gasteiger partial charge in [0, 0.05) is 0 Å². The van der Waals surface area contributed by atoms with Crippen LogP contribution in [0.2, 0.25) is 0 Å². The SMILES string of the molecule is O=C(O)C1=CN=C(Oc2ccc(O)cc2)S1(=O)=O. The van der Waals surface area contributed by atoms with Crippen LogP contribution in [0, 0.1) is 0 Å². The quantitative estimate of drug-likeness (QED) is 0.807. The largest absolute Gasteiger partial charge is 0.508 e. The number of rotatable bonds is 2. The van der Waals surface area contributed by atoms with Crippen LogP contribution in [0.4, 0.5) is 0 Å². The van der Waals surface area contributed by atoms with Crippen LogP contribution in [0.5, 0.6) is 11.5 Å². The number of phenolic OH excluding ortho intramolecular Hbond substituents is 1. The van der Waals surface area contributed by atoms with Gasteiger partial charge in [-0.15, -0.1) is 0 Å². The number of hydrogen-bond donors (Lipinski definition) is 2. The highest BCUT2D eigenvalue weighted by Gasteiger charge is 2.36. The van der Waals surface area contributed by atoms with E-state index < -0.39 is 25.9 Å². The van der Waals surface area contributed by atoms with Gasteiger partial charge in [0.05, 0.1) is 6.20 Å². The maximum Gasteiger partial charge on any atom is 0.349 e. The zero-order chi connectivity index (χ0) is 13.3. The molecular weight excluding hydrogens is 262 g/mol. The van der Waals surface area contributed by atoms with Crippen LogP contribution in [0.1, 0.15) is 0 Å². The molecule has 0 unspecified atom stereocenters. The molecule has 8 heteroatoms. The lowest BCUT2D eigenvalue weighted by Gasteiger charge is -2.05. The molecule has 0 amide bonds. The fourth-order valence-corrected chi connectivity index (χ4v) is 2.22. The fourth-order valence-electron chi connectivity index (χ4n) is 1.21. The predicted molar refractivity (Wildman–Crippen MR) is 60.8 cm³/mol.